The maximum absolute atomic E-state index is 11.8. The summed E-state index contributed by atoms with van der Waals surface area (Å²) in [5, 5.41) is 11.3. The molecule has 0 amide bonds. The number of H-pyrrole nitrogens is 1. The monoisotopic (exact) mass is 495 g/mol. The Morgan fingerprint density at radius 3 is 2.66 bits per heavy atom. The second-order valence-electron chi connectivity index (χ2n) is 9.40. The van der Waals surface area contributed by atoms with Crippen LogP contribution in [0.15, 0.2) is 46.5 Å². The van der Waals surface area contributed by atoms with Crippen LogP contribution >= 0.6 is 11.8 Å². The number of benzene rings is 1. The first-order valence-electron chi connectivity index (χ1n) is 12.5. The molecule has 5 rings (SSSR count). The molecule has 2 aliphatic heterocycles. The molecule has 2 N–H and O–H groups in total. The van der Waals surface area contributed by atoms with Crippen molar-refractivity contribution in [2.45, 2.75) is 62.0 Å². The molecule has 0 aliphatic carbocycles. The van der Waals surface area contributed by atoms with Crippen molar-refractivity contribution in [1.29, 1.82) is 0 Å². The fraction of sp³-hybridized carbons (Fsp3) is 0.462. The van der Waals surface area contributed by atoms with E-state index in [1.165, 1.54) is 44.1 Å². The van der Waals surface area contributed by atoms with Crippen molar-refractivity contribution in [3.63, 3.8) is 0 Å². The van der Waals surface area contributed by atoms with Gasteiger partial charge in [-0.05, 0) is 68.7 Å². The molecule has 0 bridgehead atoms. The lowest BCUT2D eigenvalue weighted by Gasteiger charge is -2.24. The van der Waals surface area contributed by atoms with Gasteiger partial charge in [0.1, 0.15) is 17.4 Å². The number of likely N-dealkylation sites (tertiary alicyclic amines) is 1. The van der Waals surface area contributed by atoms with Crippen LogP contribution < -0.4 is 10.2 Å². The number of ketones is 1. The number of carbonyl (C=O) groups is 1. The number of nitrogens with zero attached hydrogens (tertiary/aromatic N) is 5. The van der Waals surface area contributed by atoms with Crippen LogP contribution in [0.25, 0.3) is 0 Å². The van der Waals surface area contributed by atoms with Crippen molar-refractivity contribution < 1.29 is 7.65 Å². The summed E-state index contributed by atoms with van der Waals surface area (Å²) in [7, 11) is 0. The number of hydrogen-bond acceptors (Lipinski definition) is 8. The number of anilines is 3. The minimum atomic E-state index is 0. The van der Waals surface area contributed by atoms with Crippen LogP contribution in [0.5, 0.6) is 0 Å². The number of aromatic nitrogens is 4. The standard InChI is InChI=1S/C26H33N7OS.2H2/c1-3-21(34)15-19-6-8-22(9-7-19)35-26-28-23(27-24-14-18(2)30-31-24)16-25(29-26)33-13-10-20(17-33)32-11-4-5-12-32;;/h6-9,14,16,20H,3-5,10-13,15,17H2,1-2H3,(H2,27,28,29,30,31);2*1H/t20-;;/m0../s1. The Labute approximate surface area is 213 Å². The maximum atomic E-state index is 11.8. The van der Waals surface area contributed by atoms with Gasteiger partial charge in [-0.3, -0.25) is 14.8 Å². The van der Waals surface area contributed by atoms with Crippen molar-refractivity contribution in [1.82, 2.24) is 25.1 Å². The van der Waals surface area contributed by atoms with Crippen molar-refractivity contribution in [2.75, 3.05) is 36.4 Å². The fourth-order valence-corrected chi connectivity index (χ4v) is 5.55. The molecule has 35 heavy (non-hydrogen) atoms. The summed E-state index contributed by atoms with van der Waals surface area (Å²) in [6.07, 6.45) is 4.85. The van der Waals surface area contributed by atoms with Crippen molar-refractivity contribution in [2.24, 2.45) is 0 Å². The van der Waals surface area contributed by atoms with E-state index in [1.807, 2.05) is 50.2 Å². The summed E-state index contributed by atoms with van der Waals surface area (Å²) >= 11 is 1.54. The van der Waals surface area contributed by atoms with Gasteiger partial charge in [-0.15, -0.1) is 0 Å². The summed E-state index contributed by atoms with van der Waals surface area (Å²) < 4.78 is 0. The van der Waals surface area contributed by atoms with E-state index in [9.17, 15) is 4.79 Å². The van der Waals surface area contributed by atoms with Crippen LogP contribution in [0.4, 0.5) is 17.5 Å². The summed E-state index contributed by atoms with van der Waals surface area (Å²) in [5.41, 5.74) is 2.03. The van der Waals surface area contributed by atoms with Gasteiger partial charge in [-0.25, -0.2) is 9.97 Å². The van der Waals surface area contributed by atoms with E-state index in [2.05, 4.69) is 25.3 Å². The number of aromatic amines is 1. The molecule has 1 aromatic carbocycles. The highest BCUT2D eigenvalue weighted by atomic mass is 32.2. The highest BCUT2D eigenvalue weighted by Crippen LogP contribution is 2.31. The minimum Gasteiger partial charge on any atom is -0.355 e. The molecule has 4 heterocycles. The van der Waals surface area contributed by atoms with E-state index in [-0.39, 0.29) is 8.64 Å². The quantitative estimate of drug-likeness (QED) is 0.397. The van der Waals surface area contributed by atoms with Gasteiger partial charge in [0, 0.05) is 57.5 Å². The zero-order valence-corrected chi connectivity index (χ0v) is 21.3. The Morgan fingerprint density at radius 1 is 1.14 bits per heavy atom. The zero-order chi connectivity index (χ0) is 24.2. The Kier molecular flexibility index (Phi) is 7.34. The van der Waals surface area contributed by atoms with E-state index in [0.717, 1.165) is 46.7 Å². The minimum absolute atomic E-state index is 0. The fourth-order valence-electron chi connectivity index (χ4n) is 4.79. The number of aryl methyl sites for hydroxylation is 1. The van der Waals surface area contributed by atoms with Crippen molar-refractivity contribution in [3.8, 4) is 0 Å². The predicted octanol–water partition coefficient (Wildman–Crippen LogP) is 5.09. The second kappa shape index (κ2) is 10.8. The van der Waals surface area contributed by atoms with Gasteiger partial charge >= 0.3 is 0 Å². The molecule has 2 saturated heterocycles. The lowest BCUT2D eigenvalue weighted by atomic mass is 10.1. The predicted molar refractivity (Wildman–Crippen MR) is 144 cm³/mol. The molecule has 1 atom stereocenters. The van der Waals surface area contributed by atoms with Crippen LogP contribution in [-0.2, 0) is 11.2 Å². The van der Waals surface area contributed by atoms with Gasteiger partial charge in [-0.1, -0.05) is 19.1 Å². The van der Waals surface area contributed by atoms with Crippen LogP contribution in [0.3, 0.4) is 0 Å². The Bertz CT molecular complexity index is 1170. The first-order valence-corrected chi connectivity index (χ1v) is 13.3. The molecule has 0 radical (unpaired) electrons. The number of nitrogens with one attached hydrogen (secondary N) is 2. The number of hydrogen-bond donors (Lipinski definition) is 2. The van der Waals surface area contributed by atoms with Gasteiger partial charge in [0.2, 0.25) is 0 Å². The smallest absolute Gasteiger partial charge is 0.196 e. The molecule has 9 heteroatoms. The third-order valence-electron chi connectivity index (χ3n) is 6.73. The first-order chi connectivity index (χ1) is 17.1. The second-order valence-corrected chi connectivity index (χ2v) is 10.4. The highest BCUT2D eigenvalue weighted by molar-refractivity contribution is 7.99. The highest BCUT2D eigenvalue weighted by Gasteiger charge is 2.30. The summed E-state index contributed by atoms with van der Waals surface area (Å²) in [6, 6.07) is 12.7. The van der Waals surface area contributed by atoms with Gasteiger partial charge in [0.15, 0.2) is 11.0 Å². The zero-order valence-electron chi connectivity index (χ0n) is 20.5. The number of Topliss-reactive ketones (excluding diaryl/α,β-unsaturated/α-hetero) is 1. The van der Waals surface area contributed by atoms with Crippen LogP contribution in [0.2, 0.25) is 0 Å². The SMILES string of the molecule is CCC(=O)Cc1ccc(Sc2nc(Nc3cc(C)[nH]n3)cc(N3CC[C@H](N4CCCC4)C3)n2)cc1.[HH].[HH]. The molecular formula is C26H37N7OS. The van der Waals surface area contributed by atoms with E-state index < -0.39 is 0 Å². The maximum Gasteiger partial charge on any atom is 0.196 e. The lowest BCUT2D eigenvalue weighted by Crippen LogP contribution is -2.35. The Hall–Kier alpha value is -2.91. The average Bonchev–Trinajstić information content (AvgIpc) is 3.62. The molecule has 2 fully saturated rings. The summed E-state index contributed by atoms with van der Waals surface area (Å²) in [6.45, 7) is 8.32. The van der Waals surface area contributed by atoms with Gasteiger partial charge in [0.05, 0.1) is 0 Å². The van der Waals surface area contributed by atoms with E-state index >= 15 is 0 Å². The van der Waals surface area contributed by atoms with E-state index in [0.29, 0.717) is 24.0 Å². The van der Waals surface area contributed by atoms with E-state index in [4.69, 9.17) is 9.97 Å². The van der Waals surface area contributed by atoms with Crippen molar-refractivity contribution >= 4 is 35.0 Å². The molecule has 3 aromatic rings. The normalized spacial score (nSPS) is 18.3. The molecule has 0 unspecified atom stereocenters. The van der Waals surface area contributed by atoms with Crippen LogP contribution in [0, 0.1) is 6.92 Å². The number of rotatable bonds is 9. The first kappa shape index (κ1) is 23.8. The van der Waals surface area contributed by atoms with Gasteiger partial charge in [-0.2, -0.15) is 5.10 Å². The number of carbonyl (C=O) groups excluding carboxylic acids is 1. The summed E-state index contributed by atoms with van der Waals surface area (Å²) in [4.78, 5) is 27.6. The Morgan fingerprint density at radius 2 is 1.94 bits per heavy atom. The largest absolute Gasteiger partial charge is 0.355 e. The van der Waals surface area contributed by atoms with Crippen LogP contribution in [0.1, 0.15) is 46.7 Å². The Balaban J connectivity index is 0.00000190. The van der Waals surface area contributed by atoms with Crippen LogP contribution in [-0.4, -0.2) is 63.1 Å². The summed E-state index contributed by atoms with van der Waals surface area (Å²) in [5.74, 6) is 2.68. The lowest BCUT2D eigenvalue weighted by molar-refractivity contribution is -0.118. The molecule has 8 nitrogen and oxygen atoms in total. The average molecular weight is 496 g/mol. The van der Waals surface area contributed by atoms with E-state index in [1.54, 1.807) is 0 Å². The van der Waals surface area contributed by atoms with Crippen molar-refractivity contribution in [3.05, 3.63) is 47.7 Å². The third-order valence-corrected chi connectivity index (χ3v) is 7.60. The molecule has 0 saturated carbocycles. The molecule has 2 aromatic heterocycles. The molecule has 2 aliphatic rings. The molecular weight excluding hydrogens is 458 g/mol. The molecule has 188 valence electrons. The third kappa shape index (κ3) is 6.02. The van der Waals surface area contributed by atoms with Gasteiger partial charge in [0.25, 0.3) is 0 Å². The topological polar surface area (TPSA) is 90.0 Å². The van der Waals surface area contributed by atoms with Gasteiger partial charge < -0.3 is 10.2 Å². The molecule has 0 spiro atoms.